The molecule has 1 aromatic heterocycles. The predicted molar refractivity (Wildman–Crippen MR) is 103 cm³/mol. The number of aryl methyl sites for hydroxylation is 1. The molecule has 7 nitrogen and oxygen atoms in total. The van der Waals surface area contributed by atoms with Crippen LogP contribution in [0.5, 0.6) is 0 Å². The number of ether oxygens (including phenoxy) is 1. The minimum atomic E-state index is 0.490. The lowest BCUT2D eigenvalue weighted by atomic mass is 9.98. The monoisotopic (exact) mass is 362 g/mol. The van der Waals surface area contributed by atoms with Gasteiger partial charge in [-0.1, -0.05) is 25.7 Å². The maximum Gasteiger partial charge on any atom is 0.191 e. The summed E-state index contributed by atoms with van der Waals surface area (Å²) in [6, 6.07) is 0. The molecule has 0 spiro atoms. The third-order valence-corrected chi connectivity index (χ3v) is 5.34. The largest absolute Gasteiger partial charge is 0.378 e. The second-order valence-corrected chi connectivity index (χ2v) is 7.33. The summed E-state index contributed by atoms with van der Waals surface area (Å²) >= 11 is 0. The maximum atomic E-state index is 5.97. The lowest BCUT2D eigenvalue weighted by Gasteiger charge is -2.22. The van der Waals surface area contributed by atoms with Crippen LogP contribution >= 0.6 is 0 Å². The average Bonchev–Trinajstić information content (AvgIpc) is 2.91. The Bertz CT molecular complexity index is 564. The quantitative estimate of drug-likeness (QED) is 0.442. The van der Waals surface area contributed by atoms with E-state index in [4.69, 9.17) is 4.74 Å². The van der Waals surface area contributed by atoms with Gasteiger partial charge in [0.2, 0.25) is 0 Å². The third kappa shape index (κ3) is 5.69. The van der Waals surface area contributed by atoms with Crippen molar-refractivity contribution in [2.24, 2.45) is 4.99 Å². The highest BCUT2D eigenvalue weighted by Crippen LogP contribution is 2.20. The molecule has 1 saturated carbocycles. The highest BCUT2D eigenvalue weighted by Gasteiger charge is 2.15. The Kier molecular flexibility index (Phi) is 7.73. The van der Waals surface area contributed by atoms with Crippen LogP contribution in [0.25, 0.3) is 0 Å². The van der Waals surface area contributed by atoms with Gasteiger partial charge in [-0.05, 0) is 32.1 Å². The molecule has 0 aromatic carbocycles. The lowest BCUT2D eigenvalue weighted by molar-refractivity contribution is 0.0277. The molecule has 1 aromatic rings. The van der Waals surface area contributed by atoms with E-state index >= 15 is 0 Å². The summed E-state index contributed by atoms with van der Waals surface area (Å²) in [6.45, 7) is 3.38. The van der Waals surface area contributed by atoms with Gasteiger partial charge in [0.05, 0.1) is 12.6 Å². The fraction of sp³-hybridized carbons (Fsp3) is 0.842. The minimum Gasteiger partial charge on any atom is -0.378 e. The second-order valence-electron chi connectivity index (χ2n) is 7.33. The van der Waals surface area contributed by atoms with Gasteiger partial charge in [-0.15, -0.1) is 10.2 Å². The molecule has 0 unspecified atom stereocenters. The molecule has 1 fully saturated rings. The van der Waals surface area contributed by atoms with Crippen LogP contribution in [0.2, 0.25) is 0 Å². The van der Waals surface area contributed by atoms with Gasteiger partial charge >= 0.3 is 0 Å². The first kappa shape index (κ1) is 19.1. The fourth-order valence-electron chi connectivity index (χ4n) is 3.82. The number of aliphatic imine (C=N–C) groups is 1. The Balaban J connectivity index is 1.34. The minimum absolute atomic E-state index is 0.490. The number of nitrogens with one attached hydrogen (secondary N) is 2. The van der Waals surface area contributed by atoms with E-state index in [1.807, 2.05) is 0 Å². The second kappa shape index (κ2) is 10.5. The van der Waals surface area contributed by atoms with Gasteiger partial charge in [0.25, 0.3) is 0 Å². The Labute approximate surface area is 157 Å². The fourth-order valence-corrected chi connectivity index (χ4v) is 3.82. The summed E-state index contributed by atoms with van der Waals surface area (Å²) in [7, 11) is 1.80. The molecule has 7 heteroatoms. The standard InChI is InChI=1S/C19H34N6O/c1-20-19(21-12-8-14-26-16-9-4-2-5-10-16)22-15-18-24-23-17-11-6-3-7-13-25(17)18/h16H,2-15H2,1H3,(H2,20,21,22). The third-order valence-electron chi connectivity index (χ3n) is 5.34. The Morgan fingerprint density at radius 2 is 1.96 bits per heavy atom. The number of aromatic nitrogens is 3. The molecule has 2 heterocycles. The molecule has 146 valence electrons. The number of guanidine groups is 1. The van der Waals surface area contributed by atoms with E-state index in [0.29, 0.717) is 12.6 Å². The molecule has 26 heavy (non-hydrogen) atoms. The van der Waals surface area contributed by atoms with Crippen LogP contribution in [0.15, 0.2) is 4.99 Å². The molecule has 0 atom stereocenters. The lowest BCUT2D eigenvalue weighted by Crippen LogP contribution is -2.38. The molecular weight excluding hydrogens is 328 g/mol. The molecule has 2 N–H and O–H groups in total. The highest BCUT2D eigenvalue weighted by molar-refractivity contribution is 5.79. The van der Waals surface area contributed by atoms with Crippen molar-refractivity contribution in [2.75, 3.05) is 20.2 Å². The van der Waals surface area contributed by atoms with Gasteiger partial charge in [0.1, 0.15) is 5.82 Å². The van der Waals surface area contributed by atoms with Crippen molar-refractivity contribution in [2.45, 2.75) is 83.4 Å². The van der Waals surface area contributed by atoms with E-state index < -0.39 is 0 Å². The number of rotatable bonds is 7. The zero-order valence-electron chi connectivity index (χ0n) is 16.2. The van der Waals surface area contributed by atoms with E-state index in [9.17, 15) is 0 Å². The summed E-state index contributed by atoms with van der Waals surface area (Å²) < 4.78 is 8.24. The molecule has 1 aliphatic carbocycles. The van der Waals surface area contributed by atoms with Crippen LogP contribution in [-0.2, 0) is 24.2 Å². The van der Waals surface area contributed by atoms with Gasteiger partial charge in [0, 0.05) is 33.2 Å². The van der Waals surface area contributed by atoms with Gasteiger partial charge < -0.3 is 19.9 Å². The van der Waals surface area contributed by atoms with Crippen molar-refractivity contribution >= 4 is 5.96 Å². The molecule has 0 radical (unpaired) electrons. The Morgan fingerprint density at radius 1 is 1.12 bits per heavy atom. The normalized spacial score (nSPS) is 19.0. The zero-order valence-corrected chi connectivity index (χ0v) is 16.2. The molecule has 1 aliphatic heterocycles. The number of hydrogen-bond acceptors (Lipinski definition) is 4. The van der Waals surface area contributed by atoms with Crippen molar-refractivity contribution in [3.8, 4) is 0 Å². The van der Waals surface area contributed by atoms with E-state index in [1.165, 1.54) is 51.4 Å². The van der Waals surface area contributed by atoms with E-state index in [0.717, 1.165) is 50.1 Å². The molecule has 0 amide bonds. The van der Waals surface area contributed by atoms with E-state index in [-0.39, 0.29) is 0 Å². The van der Waals surface area contributed by atoms with Crippen molar-refractivity contribution in [1.82, 2.24) is 25.4 Å². The van der Waals surface area contributed by atoms with Crippen molar-refractivity contribution in [3.05, 3.63) is 11.6 Å². The van der Waals surface area contributed by atoms with E-state index in [1.54, 1.807) is 7.05 Å². The Morgan fingerprint density at radius 3 is 2.81 bits per heavy atom. The van der Waals surface area contributed by atoms with E-state index in [2.05, 4.69) is 30.4 Å². The molecule has 2 aliphatic rings. The maximum absolute atomic E-state index is 5.97. The predicted octanol–water partition coefficient (Wildman–Crippen LogP) is 2.41. The first-order chi connectivity index (χ1) is 12.9. The summed E-state index contributed by atoms with van der Waals surface area (Å²) in [4.78, 5) is 4.30. The summed E-state index contributed by atoms with van der Waals surface area (Å²) in [6.07, 6.45) is 12.7. The summed E-state index contributed by atoms with van der Waals surface area (Å²) in [5, 5.41) is 15.4. The van der Waals surface area contributed by atoms with Crippen LogP contribution in [0.4, 0.5) is 0 Å². The topological polar surface area (TPSA) is 76.4 Å². The van der Waals surface area contributed by atoms with Crippen molar-refractivity contribution < 1.29 is 4.74 Å². The number of nitrogens with zero attached hydrogens (tertiary/aromatic N) is 4. The Hall–Kier alpha value is -1.63. The van der Waals surface area contributed by atoms with Crippen LogP contribution in [0, 0.1) is 0 Å². The molecule has 3 rings (SSSR count). The molecule has 0 bridgehead atoms. The number of fused-ring (bicyclic) bond motifs is 1. The van der Waals surface area contributed by atoms with Crippen LogP contribution in [0.3, 0.4) is 0 Å². The smallest absolute Gasteiger partial charge is 0.191 e. The summed E-state index contributed by atoms with van der Waals surface area (Å²) in [5.74, 6) is 2.95. The van der Waals surface area contributed by atoms with Crippen LogP contribution in [-0.4, -0.2) is 47.0 Å². The van der Waals surface area contributed by atoms with Crippen LogP contribution < -0.4 is 10.6 Å². The van der Waals surface area contributed by atoms with Gasteiger partial charge in [-0.25, -0.2) is 0 Å². The average molecular weight is 363 g/mol. The zero-order chi connectivity index (χ0) is 18.0. The number of hydrogen-bond donors (Lipinski definition) is 2. The molecular formula is C19H34N6O. The molecule has 0 saturated heterocycles. The van der Waals surface area contributed by atoms with Crippen molar-refractivity contribution in [3.63, 3.8) is 0 Å². The first-order valence-corrected chi connectivity index (χ1v) is 10.3. The van der Waals surface area contributed by atoms with Gasteiger partial charge in [0.15, 0.2) is 11.8 Å². The summed E-state index contributed by atoms with van der Waals surface area (Å²) in [5.41, 5.74) is 0. The van der Waals surface area contributed by atoms with Crippen molar-refractivity contribution in [1.29, 1.82) is 0 Å². The first-order valence-electron chi connectivity index (χ1n) is 10.3. The van der Waals surface area contributed by atoms with Crippen LogP contribution in [0.1, 0.15) is 69.4 Å². The highest BCUT2D eigenvalue weighted by atomic mass is 16.5. The SMILES string of the molecule is CN=C(NCCCOC1CCCCC1)NCc1nnc2n1CCCCC2. The van der Waals surface area contributed by atoms with Gasteiger partial charge in [-0.3, -0.25) is 4.99 Å². The van der Waals surface area contributed by atoms with Gasteiger partial charge in [-0.2, -0.15) is 0 Å².